The number of halogens is 9. The SMILES string of the molecule is CC[N-]CC.CC[N-]CC.CC[N-]CC.F[C](F)(F)[Ge]([C](F)(F)F)[C](F)(F)F.[Hf+4].c1cc[cH-]c1. The summed E-state index contributed by atoms with van der Waals surface area (Å²) in [5.41, 5.74) is 0. The van der Waals surface area contributed by atoms with Gasteiger partial charge in [-0.25, -0.2) is 12.1 Å². The Morgan fingerprint density at radius 2 is 0.735 bits per heavy atom. The predicted octanol–water partition coefficient (Wildman–Crippen LogP) is 8.39. The third-order valence-corrected chi connectivity index (χ3v) is 6.32. The van der Waals surface area contributed by atoms with Crippen LogP contribution in [0.25, 0.3) is 16.0 Å². The maximum atomic E-state index is 11.3. The Morgan fingerprint density at radius 1 is 0.529 bits per heavy atom. The minimum Gasteiger partial charge on any atom is -0.214 e. The van der Waals surface area contributed by atoms with E-state index in [9.17, 15) is 39.5 Å². The molecule has 3 nitrogen and oxygen atoms in total. The second-order valence-electron chi connectivity index (χ2n) is 5.40. The molecule has 0 saturated heterocycles. The first kappa shape index (κ1) is 44.0. The molecule has 0 aliphatic heterocycles. The molecule has 0 aliphatic carbocycles. The van der Waals surface area contributed by atoms with Gasteiger partial charge in [-0.15, -0.1) is 0 Å². The molecule has 201 valence electrons. The van der Waals surface area contributed by atoms with E-state index in [2.05, 4.69) is 16.0 Å². The van der Waals surface area contributed by atoms with E-state index in [0.29, 0.717) is 0 Å². The van der Waals surface area contributed by atoms with E-state index in [1.54, 1.807) is 0 Å². The molecule has 0 fully saturated rings. The number of hydrogen-bond acceptors (Lipinski definition) is 0. The summed E-state index contributed by atoms with van der Waals surface area (Å²) in [6, 6.07) is 10.0. The molecule has 0 heterocycles. The predicted molar refractivity (Wildman–Crippen MR) is 119 cm³/mol. The maximum absolute atomic E-state index is 11.3. The topological polar surface area (TPSA) is 42.3 Å². The first-order chi connectivity index (χ1) is 15.1. The van der Waals surface area contributed by atoms with Crippen molar-refractivity contribution in [3.8, 4) is 0 Å². The van der Waals surface area contributed by atoms with Crippen LogP contribution in [0.1, 0.15) is 41.5 Å². The normalized spacial score (nSPS) is 10.7. The van der Waals surface area contributed by atoms with Gasteiger partial charge in [0.15, 0.2) is 0 Å². The molecule has 14 heteroatoms. The molecule has 0 atom stereocenters. The van der Waals surface area contributed by atoms with Crippen LogP contribution in [0.4, 0.5) is 39.5 Å². The molecule has 0 saturated carbocycles. The summed E-state index contributed by atoms with van der Waals surface area (Å²) < 4.78 is 102. The van der Waals surface area contributed by atoms with Crippen molar-refractivity contribution in [1.82, 2.24) is 0 Å². The molecule has 0 aliphatic rings. The van der Waals surface area contributed by atoms with E-state index in [-0.39, 0.29) is 25.8 Å². The molecule has 1 radical (unpaired) electrons. The van der Waals surface area contributed by atoms with E-state index in [0.717, 1.165) is 39.3 Å². The average Bonchev–Trinajstić information content (AvgIpc) is 3.21. The van der Waals surface area contributed by atoms with Gasteiger partial charge in [-0.1, -0.05) is 41.5 Å². The van der Waals surface area contributed by atoms with E-state index < -0.39 is 29.4 Å². The Balaban J connectivity index is -0.000000112. The summed E-state index contributed by atoms with van der Waals surface area (Å²) in [4.78, 5) is 0. The van der Waals surface area contributed by atoms with Gasteiger partial charge in [0.2, 0.25) is 0 Å². The second kappa shape index (κ2) is 27.6. The Bertz CT molecular complexity index is 399. The molecular weight excluding hydrogens is 704 g/mol. The van der Waals surface area contributed by atoms with Crippen molar-refractivity contribution in [2.24, 2.45) is 0 Å². The Hall–Kier alpha value is 0.0130. The molecule has 1 aromatic carbocycles. The van der Waals surface area contributed by atoms with Crippen LogP contribution in [0.5, 0.6) is 0 Å². The molecule has 0 amide bonds. The molecule has 0 aromatic heterocycles. The van der Waals surface area contributed by atoms with Crippen molar-refractivity contribution in [1.29, 1.82) is 0 Å². The summed E-state index contributed by atoms with van der Waals surface area (Å²) in [7, 11) is 0. The molecule has 0 unspecified atom stereocenters. The number of nitrogens with zero attached hydrogens (tertiary/aromatic N) is 3. The molecule has 0 N–H and O–H groups in total. The molecule has 1 rings (SSSR count). The first-order valence-corrected chi connectivity index (χ1v) is 13.4. The summed E-state index contributed by atoms with van der Waals surface area (Å²) in [6.45, 7) is 18.1. The summed E-state index contributed by atoms with van der Waals surface area (Å²) >= 11 is -7.10. The largest absolute Gasteiger partial charge is 4.00 e. The minimum atomic E-state index is -7.10. The smallest absolute Gasteiger partial charge is 0.214 e. The van der Waals surface area contributed by atoms with Crippen LogP contribution in [-0.4, -0.2) is 68.6 Å². The Kier molecular flexibility index (Phi) is 35.7. The third kappa shape index (κ3) is 36.6. The zero-order chi connectivity index (χ0) is 27.0. The average molecular weight is 740 g/mol. The fourth-order valence-corrected chi connectivity index (χ4v) is 3.50. The van der Waals surface area contributed by atoms with Crippen LogP contribution in [0.2, 0.25) is 0 Å². The Morgan fingerprint density at radius 3 is 0.765 bits per heavy atom. The van der Waals surface area contributed by atoms with E-state index >= 15 is 0 Å². The van der Waals surface area contributed by atoms with Crippen molar-refractivity contribution in [3.63, 3.8) is 0 Å². The minimum absolute atomic E-state index is 0. The fraction of sp³-hybridized carbons (Fsp3) is 0.750. The second-order valence-corrected chi connectivity index (χ2v) is 10.5. The molecule has 0 spiro atoms. The van der Waals surface area contributed by atoms with E-state index in [1.807, 2.05) is 71.9 Å². The Labute approximate surface area is 221 Å². The zero-order valence-corrected chi connectivity index (χ0v) is 26.1. The van der Waals surface area contributed by atoms with Gasteiger partial charge in [-0.2, -0.15) is 57.5 Å². The van der Waals surface area contributed by atoms with Crippen molar-refractivity contribution >= 4 is 14.3 Å². The first-order valence-electron chi connectivity index (χ1n) is 10.3. The van der Waals surface area contributed by atoms with Crippen LogP contribution in [0.15, 0.2) is 30.3 Å². The number of rotatable bonds is 6. The summed E-state index contributed by atoms with van der Waals surface area (Å²) in [6.07, 6.45) is 0. The van der Waals surface area contributed by atoms with Gasteiger partial charge in [-0.05, 0) is 0 Å². The molecule has 0 bridgehead atoms. The van der Waals surface area contributed by atoms with Gasteiger partial charge < -0.3 is 16.0 Å². The van der Waals surface area contributed by atoms with Crippen LogP contribution in [-0.2, 0) is 25.8 Å². The van der Waals surface area contributed by atoms with Crippen molar-refractivity contribution in [3.05, 3.63) is 46.3 Å². The van der Waals surface area contributed by atoms with Gasteiger partial charge in [0.05, 0.1) is 0 Å². The van der Waals surface area contributed by atoms with E-state index in [4.69, 9.17) is 0 Å². The van der Waals surface area contributed by atoms with Crippen LogP contribution >= 0.6 is 0 Å². The zero-order valence-electron chi connectivity index (χ0n) is 20.4. The summed E-state index contributed by atoms with van der Waals surface area (Å²) in [5.74, 6) is 0. The van der Waals surface area contributed by atoms with Crippen LogP contribution in [0, 0.1) is 0 Å². The maximum Gasteiger partial charge on any atom is 4.00 e. The standard InChI is InChI=1S/C5H5.3C4H10N.C3F9Ge.Hf/c1-2-4-5-3-1;3*1-3-5-4-2;4-1(5,6)13(2(7,8)9)3(10,11)12;/h1-5H;3*3-4H2,1-2H3;;/q4*-1;;+4. The van der Waals surface area contributed by atoms with E-state index in [1.165, 1.54) is 0 Å². The molecule has 1 aromatic rings. The van der Waals surface area contributed by atoms with Crippen molar-refractivity contribution in [2.45, 2.75) is 56.6 Å². The third-order valence-electron chi connectivity index (χ3n) is 2.75. The number of alkyl halides is 9. The fourth-order valence-electron chi connectivity index (χ4n) is 1.47. The van der Waals surface area contributed by atoms with Gasteiger partial charge in [0, 0.05) is 0 Å². The summed E-state index contributed by atoms with van der Waals surface area (Å²) in [5, 5.41) is -6.68. The quantitative estimate of drug-likeness (QED) is 0.160. The van der Waals surface area contributed by atoms with Gasteiger partial charge in [-0.3, -0.25) is 0 Å². The number of hydrogen-bond donors (Lipinski definition) is 0. The van der Waals surface area contributed by atoms with Gasteiger partial charge in [0.25, 0.3) is 0 Å². The van der Waals surface area contributed by atoms with Crippen LogP contribution < -0.4 is 0 Å². The van der Waals surface area contributed by atoms with Gasteiger partial charge in [0.1, 0.15) is 0 Å². The van der Waals surface area contributed by atoms with Crippen molar-refractivity contribution < 1.29 is 65.4 Å². The molecular formula is C20H35F9GeHfN3. The monoisotopic (exact) mass is 742 g/mol. The van der Waals surface area contributed by atoms with Gasteiger partial charge >= 0.3 is 94.7 Å². The van der Waals surface area contributed by atoms with Crippen molar-refractivity contribution in [2.75, 3.05) is 39.3 Å². The molecule has 34 heavy (non-hydrogen) atoms. The van der Waals surface area contributed by atoms with Crippen LogP contribution in [0.3, 0.4) is 0 Å².